The molecule has 0 N–H and O–H groups in total. The number of benzene rings is 1. The van der Waals surface area contributed by atoms with E-state index in [1.165, 1.54) is 22.6 Å². The molecule has 0 spiro atoms. The number of nitrogens with zero attached hydrogens (tertiary/aromatic N) is 4. The molecule has 3 atom stereocenters. The van der Waals surface area contributed by atoms with Crippen LogP contribution in [0.25, 0.3) is 21.5 Å². The van der Waals surface area contributed by atoms with Gasteiger partial charge in [-0.1, -0.05) is 11.6 Å². The van der Waals surface area contributed by atoms with E-state index < -0.39 is 18.2 Å². The molecule has 1 aromatic carbocycles. The van der Waals surface area contributed by atoms with Crippen LogP contribution < -0.4 is 0 Å². The Hall–Kier alpha value is -3.09. The van der Waals surface area contributed by atoms with Crippen molar-refractivity contribution >= 4 is 50.9 Å². The van der Waals surface area contributed by atoms with Gasteiger partial charge in [-0.3, -0.25) is 19.3 Å². The molecule has 8 nitrogen and oxygen atoms in total. The molecule has 6 rings (SSSR count). The maximum atomic E-state index is 13.0. The first-order chi connectivity index (χ1) is 18.5. The number of thiophene rings is 1. The van der Waals surface area contributed by atoms with Crippen molar-refractivity contribution in [2.45, 2.75) is 38.6 Å². The Balaban J connectivity index is 1.32. The van der Waals surface area contributed by atoms with Crippen LogP contribution in [0.1, 0.15) is 22.4 Å². The number of imide groups is 1. The monoisotopic (exact) mass is 578 g/mol. The number of aryl methyl sites for hydroxylation is 1. The quantitative estimate of drug-likeness (QED) is 0.422. The fourth-order valence-corrected chi connectivity index (χ4v) is 6.80. The number of piperidine rings is 1. The molecule has 0 bridgehead atoms. The van der Waals surface area contributed by atoms with Crippen LogP contribution in [0.15, 0.2) is 24.5 Å². The Morgan fingerprint density at radius 1 is 1.18 bits per heavy atom. The number of alkyl halides is 3. The number of fused-ring (bicyclic) bond motifs is 2. The minimum atomic E-state index is -4.95. The van der Waals surface area contributed by atoms with E-state index in [-0.39, 0.29) is 56.3 Å². The molecule has 1 aliphatic carbocycles. The van der Waals surface area contributed by atoms with Gasteiger partial charge in [0.15, 0.2) is 0 Å². The number of aromatic nitrogens is 2. The fraction of sp³-hybridized carbons (Fsp3) is 0.423. The van der Waals surface area contributed by atoms with E-state index >= 15 is 0 Å². The Kier molecular flexibility index (Phi) is 6.39. The van der Waals surface area contributed by atoms with Crippen molar-refractivity contribution in [2.75, 3.05) is 19.7 Å². The molecule has 13 heteroatoms. The van der Waals surface area contributed by atoms with E-state index in [0.717, 1.165) is 25.6 Å². The second-order valence-electron chi connectivity index (χ2n) is 10.1. The van der Waals surface area contributed by atoms with Crippen LogP contribution >= 0.6 is 22.9 Å². The molecule has 2 aromatic heterocycles. The number of carbonyl (C=O) groups excluding carboxylic acids is 3. The van der Waals surface area contributed by atoms with Crippen molar-refractivity contribution in [3.8, 4) is 11.3 Å². The first kappa shape index (κ1) is 26.1. The van der Waals surface area contributed by atoms with Gasteiger partial charge in [-0.25, -0.2) is 9.97 Å². The molecule has 3 amide bonds. The molecule has 204 valence electrons. The summed E-state index contributed by atoms with van der Waals surface area (Å²) in [5.74, 6) is -2.49. The predicted octanol–water partition coefficient (Wildman–Crippen LogP) is 4.16. The third-order valence-corrected chi connectivity index (χ3v) is 8.76. The summed E-state index contributed by atoms with van der Waals surface area (Å²) < 4.78 is 45.6. The van der Waals surface area contributed by atoms with Gasteiger partial charge >= 0.3 is 12.1 Å². The van der Waals surface area contributed by atoms with Gasteiger partial charge in [0, 0.05) is 35.0 Å². The number of carbonyl (C=O) groups is 3. The largest absolute Gasteiger partial charge is 0.471 e. The average molecular weight is 579 g/mol. The van der Waals surface area contributed by atoms with Gasteiger partial charge in [-0.05, 0) is 42.7 Å². The topological polar surface area (TPSA) is 92.7 Å². The van der Waals surface area contributed by atoms with Crippen molar-refractivity contribution in [3.63, 3.8) is 0 Å². The summed E-state index contributed by atoms with van der Waals surface area (Å²) in [5, 5.41) is 0.459. The van der Waals surface area contributed by atoms with E-state index in [1.54, 1.807) is 12.1 Å². The molecule has 3 aromatic rings. The maximum absolute atomic E-state index is 13.0. The molecule has 2 aliphatic heterocycles. The highest BCUT2D eigenvalue weighted by Gasteiger charge is 2.58. The lowest BCUT2D eigenvalue weighted by atomic mass is 9.94. The van der Waals surface area contributed by atoms with Gasteiger partial charge in [0.1, 0.15) is 6.33 Å². The van der Waals surface area contributed by atoms with Crippen LogP contribution in [0.5, 0.6) is 0 Å². The third-order valence-electron chi connectivity index (χ3n) is 7.43. The minimum absolute atomic E-state index is 0.00382. The Morgan fingerprint density at radius 3 is 2.64 bits per heavy atom. The summed E-state index contributed by atoms with van der Waals surface area (Å²) in [7, 11) is 0. The molecular weight excluding hydrogens is 557 g/mol. The summed E-state index contributed by atoms with van der Waals surface area (Å²) >= 11 is 7.79. The smallest absolute Gasteiger partial charge is 0.374 e. The Bertz CT molecular complexity index is 1510. The van der Waals surface area contributed by atoms with Crippen LogP contribution in [0.4, 0.5) is 13.2 Å². The Morgan fingerprint density at radius 2 is 1.92 bits per heavy atom. The van der Waals surface area contributed by atoms with Crippen molar-refractivity contribution in [2.24, 2.45) is 11.8 Å². The lowest BCUT2D eigenvalue weighted by Crippen LogP contribution is -2.50. The van der Waals surface area contributed by atoms with Gasteiger partial charge in [-0.15, -0.1) is 11.3 Å². The van der Waals surface area contributed by atoms with Crippen LogP contribution in [-0.2, 0) is 32.1 Å². The summed E-state index contributed by atoms with van der Waals surface area (Å²) in [4.78, 5) is 48.5. The van der Waals surface area contributed by atoms with Crippen molar-refractivity contribution in [1.29, 1.82) is 0 Å². The first-order valence-electron chi connectivity index (χ1n) is 12.4. The van der Waals surface area contributed by atoms with Gasteiger partial charge in [0.2, 0.25) is 11.8 Å². The highest BCUT2D eigenvalue weighted by atomic mass is 35.5. The summed E-state index contributed by atoms with van der Waals surface area (Å²) in [6.07, 6.45) is -3.31. The van der Waals surface area contributed by atoms with Gasteiger partial charge in [0.25, 0.3) is 0 Å². The first-order valence-corrected chi connectivity index (χ1v) is 13.6. The highest BCUT2D eigenvalue weighted by molar-refractivity contribution is 7.19. The molecule has 39 heavy (non-hydrogen) atoms. The molecule has 3 aliphatic rings. The second kappa shape index (κ2) is 9.53. The Labute approximate surface area is 229 Å². The number of likely N-dealkylation sites (tertiary alicyclic amines) is 1. The molecular formula is C26H22ClF3N4O4S. The molecule has 3 unspecified atom stereocenters. The van der Waals surface area contributed by atoms with E-state index in [2.05, 4.69) is 9.97 Å². The minimum Gasteiger partial charge on any atom is -0.374 e. The average Bonchev–Trinajstić information content (AvgIpc) is 3.52. The van der Waals surface area contributed by atoms with Crippen molar-refractivity contribution < 1.29 is 32.3 Å². The zero-order valence-electron chi connectivity index (χ0n) is 20.6. The van der Waals surface area contributed by atoms with Crippen LogP contribution in [0.2, 0.25) is 5.02 Å². The van der Waals surface area contributed by atoms with Crippen LogP contribution in [0.3, 0.4) is 0 Å². The van der Waals surface area contributed by atoms with Crippen LogP contribution in [-0.4, -0.2) is 69.5 Å². The summed E-state index contributed by atoms with van der Waals surface area (Å²) in [5.41, 5.74) is 3.49. The molecule has 4 heterocycles. The van der Waals surface area contributed by atoms with Crippen molar-refractivity contribution in [3.05, 3.63) is 45.6 Å². The number of ether oxygens (including phenoxy) is 1. The van der Waals surface area contributed by atoms with E-state index in [0.29, 0.717) is 28.2 Å². The molecule has 1 saturated carbocycles. The lowest BCUT2D eigenvalue weighted by molar-refractivity contribution is -0.191. The van der Waals surface area contributed by atoms with Gasteiger partial charge < -0.3 is 9.64 Å². The van der Waals surface area contributed by atoms with E-state index in [1.807, 2.05) is 13.0 Å². The molecule has 3 fully saturated rings. The van der Waals surface area contributed by atoms with E-state index in [9.17, 15) is 27.6 Å². The number of hydrogen-bond donors (Lipinski definition) is 0. The summed E-state index contributed by atoms with van der Waals surface area (Å²) in [6.45, 7) is 1.69. The zero-order valence-corrected chi connectivity index (χ0v) is 22.2. The normalized spacial score (nSPS) is 23.1. The number of amides is 3. The number of rotatable bonds is 5. The third kappa shape index (κ3) is 4.78. The molecule has 0 radical (unpaired) electrons. The van der Waals surface area contributed by atoms with Crippen LogP contribution in [0, 0.1) is 18.8 Å². The lowest BCUT2D eigenvalue weighted by Gasteiger charge is -2.34. The predicted molar refractivity (Wildman–Crippen MR) is 136 cm³/mol. The number of hydrogen-bond acceptors (Lipinski definition) is 7. The number of morpholine rings is 1. The fourth-order valence-electron chi connectivity index (χ4n) is 5.42. The molecule has 2 saturated heterocycles. The second-order valence-corrected chi connectivity index (χ2v) is 11.6. The number of halogens is 4. The maximum Gasteiger partial charge on any atom is 0.471 e. The summed E-state index contributed by atoms with van der Waals surface area (Å²) in [6, 6.07) is 5.33. The standard InChI is InChI=1S/C26H22ClF3N4O4S/c1-12-4-13(27)5-17(16(12)6-14-9-33(2-3-38-14)25(37)26(28,29)30)21-22-20(31-11-32-21)7-15(39-22)10-34-23(35)18-8-19(18)24(34)36/h4-5,7,11,14,18-19H,2-3,6,8-10H2,1H3. The zero-order chi connectivity index (χ0) is 27.6. The van der Waals surface area contributed by atoms with Gasteiger partial charge in [-0.2, -0.15) is 13.2 Å². The van der Waals surface area contributed by atoms with Crippen molar-refractivity contribution in [1.82, 2.24) is 19.8 Å². The van der Waals surface area contributed by atoms with E-state index in [4.69, 9.17) is 16.3 Å². The van der Waals surface area contributed by atoms with Gasteiger partial charge in [0.05, 0.1) is 47.0 Å². The SMILES string of the molecule is Cc1cc(Cl)cc(-c2ncnc3cc(CN4C(=O)C5CC5C4=O)sc23)c1CC1CN(C(=O)C(F)(F)F)CCO1. The highest BCUT2D eigenvalue weighted by Crippen LogP contribution is 2.48.